The summed E-state index contributed by atoms with van der Waals surface area (Å²) < 4.78 is 8.64. The fourth-order valence-corrected chi connectivity index (χ4v) is 11.3. The molecule has 41 heavy (non-hydrogen) atoms. The van der Waals surface area contributed by atoms with Crippen molar-refractivity contribution >= 4 is 22.7 Å². The molecule has 0 radical (unpaired) electrons. The Morgan fingerprint density at radius 1 is 0.878 bits per heavy atom. The van der Waals surface area contributed by atoms with Gasteiger partial charge in [0.05, 0.1) is 29.4 Å². The molecule has 3 heteroatoms. The maximum Gasteiger partial charge on any atom is 0.214 e. The number of hydrogen-bond donors (Lipinski definition) is 0. The monoisotopic (exact) mass is 560 g/mol. The number of fused-ring (bicyclic) bond motifs is 14. The minimum Gasteiger partial charge on any atom is -0.384 e. The predicted octanol–water partition coefficient (Wildman–Crippen LogP) is 9.15. The molecule has 0 amide bonds. The summed E-state index contributed by atoms with van der Waals surface area (Å²) in [6, 6.07) is 19.6. The summed E-state index contributed by atoms with van der Waals surface area (Å²) in [5.74, 6) is 1.97. The van der Waals surface area contributed by atoms with Crippen molar-refractivity contribution in [2.45, 2.75) is 94.2 Å². The standard InChI is InChI=1S/C38H42NOS/c1-19(2)23-10-13-30-26(17-23)35-36(41-30)25-12-11-24-32(34(25)37(35,6)7)29-16-22(5)31-21(4)14-20(3)15-28(31)39(29)38(8)27(18-40-9)33(24)38/h10-17,19,27,33,35-36H,18H2,1-9H3/q+1. The molecule has 5 unspecified atom stereocenters. The molecule has 1 aromatic heterocycles. The molecule has 0 saturated heterocycles. The summed E-state index contributed by atoms with van der Waals surface area (Å²) in [6.07, 6.45) is 0. The fraction of sp³-hybridized carbons (Fsp3) is 0.447. The molecule has 8 rings (SSSR count). The van der Waals surface area contributed by atoms with Gasteiger partial charge in [-0.05, 0) is 82.7 Å². The summed E-state index contributed by atoms with van der Waals surface area (Å²) in [6.45, 7) is 19.9. The molecule has 4 aliphatic rings. The maximum absolute atomic E-state index is 5.88. The van der Waals surface area contributed by atoms with Gasteiger partial charge in [-0.1, -0.05) is 58.0 Å². The van der Waals surface area contributed by atoms with Gasteiger partial charge in [-0.15, -0.1) is 11.8 Å². The number of pyridine rings is 1. The average Bonchev–Trinajstić information content (AvgIpc) is 3.21. The summed E-state index contributed by atoms with van der Waals surface area (Å²) in [7, 11) is 1.87. The van der Waals surface area contributed by atoms with Crippen LogP contribution in [-0.4, -0.2) is 13.7 Å². The van der Waals surface area contributed by atoms with Crippen LogP contribution in [0.1, 0.15) is 102 Å². The van der Waals surface area contributed by atoms with E-state index in [0.717, 1.165) is 6.61 Å². The van der Waals surface area contributed by atoms with Crippen molar-refractivity contribution < 1.29 is 9.30 Å². The van der Waals surface area contributed by atoms with Crippen LogP contribution >= 0.6 is 11.8 Å². The number of benzene rings is 3. The molecule has 2 aliphatic carbocycles. The first-order valence-electron chi connectivity index (χ1n) is 15.4. The normalized spacial score (nSPS) is 27.8. The van der Waals surface area contributed by atoms with E-state index in [9.17, 15) is 0 Å². The molecular formula is C38H42NOS+. The van der Waals surface area contributed by atoms with Crippen LogP contribution in [0.25, 0.3) is 22.2 Å². The number of ether oxygens (including phenoxy) is 1. The van der Waals surface area contributed by atoms with Crippen molar-refractivity contribution in [2.75, 3.05) is 13.7 Å². The number of hydrogen-bond acceptors (Lipinski definition) is 2. The van der Waals surface area contributed by atoms with Crippen molar-refractivity contribution in [1.29, 1.82) is 0 Å². The molecular weight excluding hydrogens is 518 g/mol. The number of methoxy groups -OCH3 is 1. The van der Waals surface area contributed by atoms with Crippen LogP contribution in [-0.2, 0) is 15.7 Å². The first kappa shape index (κ1) is 26.0. The summed E-state index contributed by atoms with van der Waals surface area (Å²) in [5.41, 5.74) is 16.2. The third-order valence-electron chi connectivity index (χ3n) is 11.4. The second-order valence-electron chi connectivity index (χ2n) is 14.5. The van der Waals surface area contributed by atoms with E-state index in [4.69, 9.17) is 4.74 Å². The largest absolute Gasteiger partial charge is 0.384 e. The molecule has 5 atom stereocenters. The van der Waals surface area contributed by atoms with E-state index in [2.05, 4.69) is 120 Å². The minimum absolute atomic E-state index is 0.0187. The van der Waals surface area contributed by atoms with Crippen molar-refractivity contribution in [3.05, 3.63) is 93.0 Å². The number of thioether (sulfide) groups is 1. The molecule has 3 aromatic carbocycles. The highest BCUT2D eigenvalue weighted by Gasteiger charge is 2.74. The number of nitrogens with zero attached hydrogens (tertiary/aromatic N) is 1. The van der Waals surface area contributed by atoms with Gasteiger partial charge in [0.1, 0.15) is 0 Å². The minimum atomic E-state index is 0.0187. The SMILES string of the molecule is COCC1C2c3ccc4c(c3-c3cc(C)c5c(C)cc(C)cc5[n+]3C12C)C(C)(C)C1c2cc(C(C)C)ccc2SC41. The van der Waals surface area contributed by atoms with E-state index >= 15 is 0 Å². The second kappa shape index (κ2) is 8.26. The molecule has 0 spiro atoms. The quantitative estimate of drug-likeness (QED) is 0.232. The van der Waals surface area contributed by atoms with Gasteiger partial charge in [0, 0.05) is 42.2 Å². The lowest BCUT2D eigenvalue weighted by molar-refractivity contribution is -0.707. The Bertz CT molecular complexity index is 1820. The van der Waals surface area contributed by atoms with Gasteiger partial charge in [0.25, 0.3) is 0 Å². The molecule has 1 fully saturated rings. The zero-order valence-corrected chi connectivity index (χ0v) is 26.8. The topological polar surface area (TPSA) is 13.1 Å². The molecule has 0 N–H and O–H groups in total. The van der Waals surface area contributed by atoms with Crippen LogP contribution in [0.5, 0.6) is 0 Å². The van der Waals surface area contributed by atoms with E-state index in [-0.39, 0.29) is 11.0 Å². The van der Waals surface area contributed by atoms with Crippen LogP contribution < -0.4 is 4.57 Å². The van der Waals surface area contributed by atoms with Crippen molar-refractivity contribution in [2.24, 2.45) is 5.92 Å². The Morgan fingerprint density at radius 2 is 1.61 bits per heavy atom. The molecule has 2 aliphatic heterocycles. The van der Waals surface area contributed by atoms with E-state index in [1.165, 1.54) is 49.3 Å². The van der Waals surface area contributed by atoms with Crippen molar-refractivity contribution in [3.8, 4) is 11.3 Å². The Balaban J connectivity index is 1.43. The van der Waals surface area contributed by atoms with Crippen molar-refractivity contribution in [1.82, 2.24) is 0 Å². The van der Waals surface area contributed by atoms with Crippen LogP contribution in [0.15, 0.2) is 53.4 Å². The first-order chi connectivity index (χ1) is 19.5. The van der Waals surface area contributed by atoms with Crippen LogP contribution in [0.2, 0.25) is 0 Å². The summed E-state index contributed by atoms with van der Waals surface area (Å²) in [5, 5.41) is 1.89. The second-order valence-corrected chi connectivity index (χ2v) is 15.7. The Hall–Kier alpha value is -2.62. The summed E-state index contributed by atoms with van der Waals surface area (Å²) in [4.78, 5) is 1.48. The average molecular weight is 561 g/mol. The first-order valence-corrected chi connectivity index (χ1v) is 16.3. The predicted molar refractivity (Wildman–Crippen MR) is 170 cm³/mol. The Kier molecular flexibility index (Phi) is 5.25. The molecule has 3 heterocycles. The molecule has 1 saturated carbocycles. The molecule has 4 aromatic rings. The van der Waals surface area contributed by atoms with Crippen LogP contribution in [0.4, 0.5) is 0 Å². The number of aromatic nitrogens is 1. The smallest absolute Gasteiger partial charge is 0.214 e. The Labute approximate surface area is 249 Å². The lowest BCUT2D eigenvalue weighted by Crippen LogP contribution is -2.52. The third-order valence-corrected chi connectivity index (χ3v) is 12.8. The van der Waals surface area contributed by atoms with E-state index in [0.29, 0.717) is 28.9 Å². The van der Waals surface area contributed by atoms with Gasteiger partial charge in [-0.3, -0.25) is 0 Å². The highest BCUT2D eigenvalue weighted by molar-refractivity contribution is 8.00. The lowest BCUT2D eigenvalue weighted by Gasteiger charge is -2.32. The number of rotatable bonds is 3. The van der Waals surface area contributed by atoms with Gasteiger partial charge in [0.2, 0.25) is 11.2 Å². The lowest BCUT2D eigenvalue weighted by atomic mass is 9.71. The van der Waals surface area contributed by atoms with Gasteiger partial charge in [-0.25, -0.2) is 0 Å². The number of aryl methyl sites for hydroxylation is 3. The van der Waals surface area contributed by atoms with Crippen LogP contribution in [0.3, 0.4) is 0 Å². The Morgan fingerprint density at radius 3 is 2.34 bits per heavy atom. The zero-order chi connectivity index (χ0) is 28.7. The van der Waals surface area contributed by atoms with Gasteiger partial charge < -0.3 is 4.74 Å². The van der Waals surface area contributed by atoms with Crippen LogP contribution in [0, 0.1) is 26.7 Å². The van der Waals surface area contributed by atoms with E-state index in [1.807, 2.05) is 7.11 Å². The third kappa shape index (κ3) is 3.12. The maximum atomic E-state index is 5.88. The highest BCUT2D eigenvalue weighted by atomic mass is 32.2. The van der Waals surface area contributed by atoms with Gasteiger partial charge in [0.15, 0.2) is 5.54 Å². The molecule has 0 bridgehead atoms. The molecule has 210 valence electrons. The highest BCUT2D eigenvalue weighted by Crippen LogP contribution is 2.71. The van der Waals surface area contributed by atoms with Gasteiger partial charge >= 0.3 is 0 Å². The van der Waals surface area contributed by atoms with E-state index < -0.39 is 0 Å². The fourth-order valence-electron chi connectivity index (χ4n) is 9.59. The zero-order valence-electron chi connectivity index (χ0n) is 26.0. The summed E-state index contributed by atoms with van der Waals surface area (Å²) >= 11 is 2.11. The molecule has 2 nitrogen and oxygen atoms in total. The van der Waals surface area contributed by atoms with Crippen molar-refractivity contribution in [3.63, 3.8) is 0 Å². The van der Waals surface area contributed by atoms with Gasteiger partial charge in [-0.2, -0.15) is 4.57 Å². The van der Waals surface area contributed by atoms with E-state index in [1.54, 1.807) is 22.3 Å².